The molecule has 0 amide bonds. The smallest absolute Gasteiger partial charge is 0.0797 e. The summed E-state index contributed by atoms with van der Waals surface area (Å²) in [5.74, 6) is 0. The normalized spacial score (nSPS) is 15.2. The molecule has 0 aliphatic rings. The summed E-state index contributed by atoms with van der Waals surface area (Å²) in [4.78, 5) is 5.70. The van der Waals surface area contributed by atoms with Gasteiger partial charge in [-0.15, -0.1) is 11.3 Å². The molecule has 0 radical (unpaired) electrons. The van der Waals surface area contributed by atoms with E-state index in [1.54, 1.807) is 11.3 Å². The van der Waals surface area contributed by atoms with Gasteiger partial charge in [0.05, 0.1) is 11.2 Å². The monoisotopic (exact) mass is 226 g/mol. The highest BCUT2D eigenvalue weighted by Crippen LogP contribution is 2.29. The van der Waals surface area contributed by atoms with Crippen molar-refractivity contribution in [3.8, 4) is 0 Å². The molecule has 1 aromatic rings. The number of aromatic nitrogens is 1. The van der Waals surface area contributed by atoms with Crippen LogP contribution in [-0.4, -0.2) is 11.5 Å². The van der Waals surface area contributed by atoms with Crippen molar-refractivity contribution in [2.24, 2.45) is 11.1 Å². The lowest BCUT2D eigenvalue weighted by Crippen LogP contribution is -2.27. The number of rotatable bonds is 6. The first kappa shape index (κ1) is 12.7. The average molecular weight is 226 g/mol. The van der Waals surface area contributed by atoms with Gasteiger partial charge >= 0.3 is 0 Å². The van der Waals surface area contributed by atoms with E-state index in [2.05, 4.69) is 25.8 Å². The highest BCUT2D eigenvalue weighted by molar-refractivity contribution is 7.09. The predicted octanol–water partition coefficient (Wildman–Crippen LogP) is 3.15. The molecule has 3 heteroatoms. The second-order valence-electron chi connectivity index (χ2n) is 4.63. The molecule has 1 rings (SSSR count). The Hall–Kier alpha value is -0.410. The van der Waals surface area contributed by atoms with Gasteiger partial charge in [0, 0.05) is 4.88 Å². The molecule has 0 aromatic carbocycles. The summed E-state index contributed by atoms with van der Waals surface area (Å²) in [6, 6.07) is 0. The summed E-state index contributed by atoms with van der Waals surface area (Å²) in [6.07, 6.45) is 4.75. The number of thiazole rings is 1. The lowest BCUT2D eigenvalue weighted by molar-refractivity contribution is 0.281. The topological polar surface area (TPSA) is 38.9 Å². The van der Waals surface area contributed by atoms with Crippen molar-refractivity contribution in [1.82, 2.24) is 4.98 Å². The Morgan fingerprint density at radius 3 is 2.67 bits per heavy atom. The third-order valence-corrected chi connectivity index (χ3v) is 4.14. The van der Waals surface area contributed by atoms with Gasteiger partial charge in [-0.3, -0.25) is 0 Å². The van der Waals surface area contributed by atoms with Crippen LogP contribution in [0.3, 0.4) is 0 Å². The largest absolute Gasteiger partial charge is 0.330 e. The van der Waals surface area contributed by atoms with Crippen LogP contribution in [0.1, 0.15) is 43.7 Å². The molecular weight excluding hydrogens is 204 g/mol. The second-order valence-corrected chi connectivity index (χ2v) is 5.57. The van der Waals surface area contributed by atoms with E-state index in [9.17, 15) is 0 Å². The molecule has 0 fully saturated rings. The van der Waals surface area contributed by atoms with Crippen LogP contribution < -0.4 is 5.73 Å². The zero-order valence-corrected chi connectivity index (χ0v) is 10.9. The Morgan fingerprint density at radius 1 is 1.47 bits per heavy atom. The fourth-order valence-electron chi connectivity index (χ4n) is 1.91. The Kier molecular flexibility index (Phi) is 4.74. The Labute approximate surface area is 96.9 Å². The van der Waals surface area contributed by atoms with Crippen LogP contribution >= 0.6 is 11.3 Å². The van der Waals surface area contributed by atoms with E-state index in [0.29, 0.717) is 5.41 Å². The highest BCUT2D eigenvalue weighted by Gasteiger charge is 2.21. The molecule has 1 atom stereocenters. The average Bonchev–Trinajstić information content (AvgIpc) is 2.62. The van der Waals surface area contributed by atoms with Crippen LogP contribution in [0.25, 0.3) is 0 Å². The van der Waals surface area contributed by atoms with E-state index in [0.717, 1.165) is 13.0 Å². The number of nitrogens with two attached hydrogens (primary N) is 1. The SMILES string of the molecule is CCCC(C)(CN)CCc1scnc1C. The Morgan fingerprint density at radius 2 is 2.20 bits per heavy atom. The molecule has 0 saturated heterocycles. The maximum absolute atomic E-state index is 5.86. The van der Waals surface area contributed by atoms with Gasteiger partial charge in [-0.25, -0.2) is 4.98 Å². The lowest BCUT2D eigenvalue weighted by Gasteiger charge is -2.27. The van der Waals surface area contributed by atoms with E-state index < -0.39 is 0 Å². The Balaban J connectivity index is 2.51. The quantitative estimate of drug-likeness (QED) is 0.809. The minimum absolute atomic E-state index is 0.311. The summed E-state index contributed by atoms with van der Waals surface area (Å²) < 4.78 is 0. The summed E-state index contributed by atoms with van der Waals surface area (Å²) in [7, 11) is 0. The molecule has 0 bridgehead atoms. The molecule has 1 unspecified atom stereocenters. The maximum atomic E-state index is 5.86. The van der Waals surface area contributed by atoms with E-state index in [-0.39, 0.29) is 0 Å². The van der Waals surface area contributed by atoms with Crippen molar-refractivity contribution in [2.45, 2.75) is 46.5 Å². The first-order valence-electron chi connectivity index (χ1n) is 5.70. The van der Waals surface area contributed by atoms with E-state index >= 15 is 0 Å². The number of hydrogen-bond acceptors (Lipinski definition) is 3. The third-order valence-electron chi connectivity index (χ3n) is 3.15. The summed E-state index contributed by atoms with van der Waals surface area (Å²) in [6.45, 7) is 7.41. The molecule has 15 heavy (non-hydrogen) atoms. The van der Waals surface area contributed by atoms with Gasteiger partial charge in [-0.2, -0.15) is 0 Å². The standard InChI is InChI=1S/C12H22N2S/c1-4-6-12(3,8-13)7-5-11-10(2)14-9-15-11/h9H,4-8,13H2,1-3H3. The van der Waals surface area contributed by atoms with Gasteiger partial charge in [0.1, 0.15) is 0 Å². The fourth-order valence-corrected chi connectivity index (χ4v) is 2.70. The minimum Gasteiger partial charge on any atom is -0.330 e. The van der Waals surface area contributed by atoms with Gasteiger partial charge in [0.25, 0.3) is 0 Å². The van der Waals surface area contributed by atoms with Gasteiger partial charge in [0.15, 0.2) is 0 Å². The van der Waals surface area contributed by atoms with Crippen molar-refractivity contribution < 1.29 is 0 Å². The predicted molar refractivity (Wildman–Crippen MR) is 67.2 cm³/mol. The molecule has 2 N–H and O–H groups in total. The lowest BCUT2D eigenvalue weighted by atomic mass is 9.81. The van der Waals surface area contributed by atoms with Crippen LogP contribution in [0, 0.1) is 12.3 Å². The first-order chi connectivity index (χ1) is 7.11. The molecule has 1 heterocycles. The molecule has 0 aliphatic carbocycles. The first-order valence-corrected chi connectivity index (χ1v) is 6.58. The van der Waals surface area contributed by atoms with Gasteiger partial charge in [0.2, 0.25) is 0 Å². The summed E-state index contributed by atoms with van der Waals surface area (Å²) in [5.41, 5.74) is 9.29. The van der Waals surface area contributed by atoms with Gasteiger partial charge in [-0.05, 0) is 38.1 Å². The zero-order chi connectivity index (χ0) is 11.3. The van der Waals surface area contributed by atoms with Crippen molar-refractivity contribution >= 4 is 11.3 Å². The maximum Gasteiger partial charge on any atom is 0.0797 e. The van der Waals surface area contributed by atoms with Crippen LogP contribution in [0.15, 0.2) is 5.51 Å². The summed E-state index contributed by atoms with van der Waals surface area (Å²) in [5, 5.41) is 0. The molecular formula is C12H22N2S. The van der Waals surface area contributed by atoms with Crippen molar-refractivity contribution in [1.29, 1.82) is 0 Å². The fraction of sp³-hybridized carbons (Fsp3) is 0.750. The zero-order valence-electron chi connectivity index (χ0n) is 10.0. The second kappa shape index (κ2) is 5.61. The van der Waals surface area contributed by atoms with Gasteiger partial charge < -0.3 is 5.73 Å². The van der Waals surface area contributed by atoms with Crippen LogP contribution in [0.5, 0.6) is 0 Å². The van der Waals surface area contributed by atoms with Crippen molar-refractivity contribution in [3.05, 3.63) is 16.1 Å². The van der Waals surface area contributed by atoms with Crippen LogP contribution in [0.4, 0.5) is 0 Å². The Bertz CT molecular complexity index is 296. The van der Waals surface area contributed by atoms with Crippen LogP contribution in [-0.2, 0) is 6.42 Å². The van der Waals surface area contributed by atoms with Gasteiger partial charge in [-0.1, -0.05) is 20.3 Å². The molecule has 0 aliphatic heterocycles. The van der Waals surface area contributed by atoms with E-state index in [1.807, 2.05) is 5.51 Å². The molecule has 2 nitrogen and oxygen atoms in total. The molecule has 86 valence electrons. The minimum atomic E-state index is 0.311. The number of hydrogen-bond donors (Lipinski definition) is 1. The van der Waals surface area contributed by atoms with Crippen LogP contribution in [0.2, 0.25) is 0 Å². The molecule has 0 spiro atoms. The third kappa shape index (κ3) is 3.58. The highest BCUT2D eigenvalue weighted by atomic mass is 32.1. The van der Waals surface area contributed by atoms with Crippen molar-refractivity contribution in [3.63, 3.8) is 0 Å². The number of aryl methyl sites for hydroxylation is 2. The molecule has 0 saturated carbocycles. The van der Waals surface area contributed by atoms with E-state index in [4.69, 9.17) is 5.73 Å². The number of nitrogens with zero attached hydrogens (tertiary/aromatic N) is 1. The van der Waals surface area contributed by atoms with E-state index in [1.165, 1.54) is 29.8 Å². The molecule has 1 aromatic heterocycles. The van der Waals surface area contributed by atoms with Crippen molar-refractivity contribution in [2.75, 3.05) is 6.54 Å². The summed E-state index contributed by atoms with van der Waals surface area (Å²) >= 11 is 1.77.